The molecule has 2 N–H and O–H groups in total. The van der Waals surface area contributed by atoms with E-state index >= 15 is 0 Å². The Balaban J connectivity index is 0.00000312. The first kappa shape index (κ1) is 21.7. The quantitative estimate of drug-likeness (QED) is 0.750. The van der Waals surface area contributed by atoms with Gasteiger partial charge in [0.25, 0.3) is 5.91 Å². The average molecular weight is 390 g/mol. The van der Waals surface area contributed by atoms with Crippen LogP contribution in [0, 0.1) is 5.92 Å². The molecule has 1 aromatic carbocycles. The minimum Gasteiger partial charge on any atom is -0.338 e. The molecule has 1 aliphatic heterocycles. The molecule has 1 fully saturated rings. The van der Waals surface area contributed by atoms with E-state index in [4.69, 9.17) is 0 Å². The first-order valence-corrected chi connectivity index (χ1v) is 10.1. The van der Waals surface area contributed by atoms with E-state index in [0.717, 1.165) is 32.5 Å². The lowest BCUT2D eigenvalue weighted by Gasteiger charge is -2.32. The number of rotatable bonds is 7. The van der Waals surface area contributed by atoms with Gasteiger partial charge >= 0.3 is 0 Å². The number of nitrogens with one attached hydrogen (secondary N) is 2. The summed E-state index contributed by atoms with van der Waals surface area (Å²) in [6.45, 7) is 4.29. The van der Waals surface area contributed by atoms with E-state index in [0.29, 0.717) is 23.6 Å². The molecule has 1 heterocycles. The van der Waals surface area contributed by atoms with Gasteiger partial charge in [0.15, 0.2) is 0 Å². The van der Waals surface area contributed by atoms with Crippen molar-refractivity contribution in [2.24, 2.45) is 5.92 Å². The molecule has 1 saturated heterocycles. The smallest absolute Gasteiger partial charge is 0.253 e. The van der Waals surface area contributed by atoms with E-state index < -0.39 is 10.0 Å². The van der Waals surface area contributed by atoms with Crippen LogP contribution in [0.3, 0.4) is 0 Å². The minimum absolute atomic E-state index is 0. The fourth-order valence-electron chi connectivity index (χ4n) is 3.07. The third kappa shape index (κ3) is 6.49. The van der Waals surface area contributed by atoms with Crippen LogP contribution in [-0.2, 0) is 10.0 Å². The highest BCUT2D eigenvalue weighted by Gasteiger charge is 2.24. The number of amides is 1. The topological polar surface area (TPSA) is 78.5 Å². The van der Waals surface area contributed by atoms with Gasteiger partial charge in [-0.05, 0) is 63.0 Å². The third-order valence-electron chi connectivity index (χ3n) is 4.18. The van der Waals surface area contributed by atoms with E-state index in [9.17, 15) is 13.2 Å². The molecule has 1 aliphatic rings. The SMILES string of the molecule is CCCS(=O)(=O)Nc1ccc(C(=O)N2CCCC(CNC)C2)cc1.Cl. The summed E-state index contributed by atoms with van der Waals surface area (Å²) in [7, 11) is -1.37. The third-order valence-corrected chi connectivity index (χ3v) is 5.67. The van der Waals surface area contributed by atoms with Crippen LogP contribution in [0.2, 0.25) is 0 Å². The van der Waals surface area contributed by atoms with E-state index in [1.165, 1.54) is 0 Å². The Hall–Kier alpha value is -1.31. The number of anilines is 1. The van der Waals surface area contributed by atoms with Crippen LogP contribution < -0.4 is 10.0 Å². The summed E-state index contributed by atoms with van der Waals surface area (Å²) in [5.41, 5.74) is 1.09. The number of hydrogen-bond acceptors (Lipinski definition) is 4. The van der Waals surface area contributed by atoms with Crippen LogP contribution in [0.1, 0.15) is 36.5 Å². The van der Waals surface area contributed by atoms with E-state index in [1.807, 2.05) is 18.9 Å². The van der Waals surface area contributed by atoms with Crippen molar-refractivity contribution in [2.75, 3.05) is 37.2 Å². The molecule has 2 rings (SSSR count). The standard InChI is InChI=1S/C17H27N3O3S.ClH/c1-3-11-24(22,23)19-16-8-6-15(7-9-16)17(21)20-10-4-5-14(13-20)12-18-2;/h6-9,14,18-19H,3-5,10-13H2,1-2H3;1H. The zero-order valence-electron chi connectivity index (χ0n) is 14.8. The van der Waals surface area contributed by atoms with E-state index in [-0.39, 0.29) is 24.1 Å². The molecule has 1 amide bonds. The Kier molecular flexibility index (Phi) is 8.68. The molecule has 0 aromatic heterocycles. The fourth-order valence-corrected chi connectivity index (χ4v) is 4.20. The number of sulfonamides is 1. The van der Waals surface area contributed by atoms with Crippen LogP contribution >= 0.6 is 12.4 Å². The maximum atomic E-state index is 12.6. The van der Waals surface area contributed by atoms with Crippen LogP contribution in [-0.4, -0.2) is 51.7 Å². The molecular weight excluding hydrogens is 362 g/mol. The van der Waals surface area contributed by atoms with Gasteiger partial charge in [-0.3, -0.25) is 9.52 Å². The molecular formula is C17H28ClN3O3S. The molecule has 25 heavy (non-hydrogen) atoms. The number of benzene rings is 1. The summed E-state index contributed by atoms with van der Waals surface area (Å²) in [6, 6.07) is 6.67. The summed E-state index contributed by atoms with van der Waals surface area (Å²) in [5.74, 6) is 0.598. The maximum Gasteiger partial charge on any atom is 0.253 e. The molecule has 1 atom stereocenters. The molecule has 0 saturated carbocycles. The largest absolute Gasteiger partial charge is 0.338 e. The second kappa shape index (κ2) is 9.99. The first-order chi connectivity index (χ1) is 11.4. The van der Waals surface area contributed by atoms with E-state index in [1.54, 1.807) is 24.3 Å². The van der Waals surface area contributed by atoms with Crippen molar-refractivity contribution in [2.45, 2.75) is 26.2 Å². The lowest BCUT2D eigenvalue weighted by atomic mass is 9.97. The van der Waals surface area contributed by atoms with Crippen molar-refractivity contribution in [1.82, 2.24) is 10.2 Å². The Morgan fingerprint density at radius 3 is 2.56 bits per heavy atom. The van der Waals surface area contributed by atoms with Gasteiger partial charge in [-0.1, -0.05) is 6.92 Å². The molecule has 6 nitrogen and oxygen atoms in total. The molecule has 1 unspecified atom stereocenters. The van der Waals surface area contributed by atoms with Crippen molar-refractivity contribution in [3.05, 3.63) is 29.8 Å². The Morgan fingerprint density at radius 2 is 1.96 bits per heavy atom. The van der Waals surface area contributed by atoms with Gasteiger partial charge in [-0.25, -0.2) is 8.42 Å². The van der Waals surface area contributed by atoms with Gasteiger partial charge in [0.05, 0.1) is 5.75 Å². The van der Waals surface area contributed by atoms with Crippen molar-refractivity contribution in [3.63, 3.8) is 0 Å². The monoisotopic (exact) mass is 389 g/mol. The zero-order valence-corrected chi connectivity index (χ0v) is 16.5. The van der Waals surface area contributed by atoms with Crippen molar-refractivity contribution in [3.8, 4) is 0 Å². The van der Waals surface area contributed by atoms with Crippen LogP contribution in [0.25, 0.3) is 0 Å². The molecule has 142 valence electrons. The minimum atomic E-state index is -3.30. The van der Waals surface area contributed by atoms with Crippen molar-refractivity contribution in [1.29, 1.82) is 0 Å². The fraction of sp³-hybridized carbons (Fsp3) is 0.588. The van der Waals surface area contributed by atoms with Gasteiger partial charge in [0.2, 0.25) is 10.0 Å². The number of carbonyl (C=O) groups is 1. The van der Waals surface area contributed by atoms with Crippen molar-refractivity contribution >= 4 is 34.0 Å². The molecule has 0 spiro atoms. The Labute approximate surface area is 156 Å². The van der Waals surface area contributed by atoms with Crippen LogP contribution in [0.5, 0.6) is 0 Å². The molecule has 0 aliphatic carbocycles. The summed E-state index contributed by atoms with van der Waals surface area (Å²) < 4.78 is 26.1. The van der Waals surface area contributed by atoms with Gasteiger partial charge in [0.1, 0.15) is 0 Å². The normalized spacial score (nSPS) is 17.7. The highest BCUT2D eigenvalue weighted by atomic mass is 35.5. The van der Waals surface area contributed by atoms with Crippen LogP contribution in [0.15, 0.2) is 24.3 Å². The molecule has 8 heteroatoms. The summed E-state index contributed by atoms with van der Waals surface area (Å²) in [5, 5.41) is 3.17. The predicted octanol–water partition coefficient (Wildman–Crippen LogP) is 2.33. The lowest BCUT2D eigenvalue weighted by Crippen LogP contribution is -2.42. The lowest BCUT2D eigenvalue weighted by molar-refractivity contribution is 0.0674. The Bertz CT molecular complexity index is 648. The maximum absolute atomic E-state index is 12.6. The number of carbonyl (C=O) groups excluding carboxylic acids is 1. The summed E-state index contributed by atoms with van der Waals surface area (Å²) in [6.07, 6.45) is 2.73. The number of hydrogen-bond donors (Lipinski definition) is 2. The Morgan fingerprint density at radius 1 is 1.28 bits per heavy atom. The van der Waals surface area contributed by atoms with E-state index in [2.05, 4.69) is 10.0 Å². The second-order valence-electron chi connectivity index (χ2n) is 6.32. The molecule has 0 bridgehead atoms. The van der Waals surface area contributed by atoms with Crippen LogP contribution in [0.4, 0.5) is 5.69 Å². The number of likely N-dealkylation sites (tertiary alicyclic amines) is 1. The molecule has 1 aromatic rings. The predicted molar refractivity (Wildman–Crippen MR) is 104 cm³/mol. The number of halogens is 1. The van der Waals surface area contributed by atoms with Gasteiger partial charge in [-0.2, -0.15) is 0 Å². The highest BCUT2D eigenvalue weighted by Crippen LogP contribution is 2.19. The number of piperidine rings is 1. The average Bonchev–Trinajstić information content (AvgIpc) is 2.55. The summed E-state index contributed by atoms with van der Waals surface area (Å²) in [4.78, 5) is 14.5. The molecule has 0 radical (unpaired) electrons. The van der Waals surface area contributed by atoms with Gasteiger partial charge in [-0.15, -0.1) is 12.4 Å². The highest BCUT2D eigenvalue weighted by molar-refractivity contribution is 7.92. The zero-order chi connectivity index (χ0) is 17.6. The van der Waals surface area contributed by atoms with Crippen molar-refractivity contribution < 1.29 is 13.2 Å². The van der Waals surface area contributed by atoms with Gasteiger partial charge in [0, 0.05) is 24.3 Å². The summed E-state index contributed by atoms with van der Waals surface area (Å²) >= 11 is 0. The number of nitrogens with zero attached hydrogens (tertiary/aromatic N) is 1. The second-order valence-corrected chi connectivity index (χ2v) is 8.16. The van der Waals surface area contributed by atoms with Gasteiger partial charge < -0.3 is 10.2 Å². The first-order valence-electron chi connectivity index (χ1n) is 8.49.